The topological polar surface area (TPSA) is 66.8 Å². The molecule has 1 aromatic carbocycles. The summed E-state index contributed by atoms with van der Waals surface area (Å²) >= 11 is 0. The van der Waals surface area contributed by atoms with Crippen molar-refractivity contribution in [1.82, 2.24) is 0 Å². The van der Waals surface area contributed by atoms with E-state index in [4.69, 9.17) is 9.84 Å². The van der Waals surface area contributed by atoms with Crippen LogP contribution in [0.4, 0.5) is 0 Å². The zero-order valence-electron chi connectivity index (χ0n) is 10.4. The van der Waals surface area contributed by atoms with Crippen molar-refractivity contribution in [2.24, 2.45) is 0 Å². The molecule has 1 aliphatic carbocycles. The fourth-order valence-corrected chi connectivity index (χ4v) is 2.30. The Morgan fingerprint density at radius 1 is 1.56 bits per heavy atom. The molecule has 4 nitrogen and oxygen atoms in total. The molecule has 1 aliphatic rings. The van der Waals surface area contributed by atoms with E-state index in [1.807, 2.05) is 6.07 Å². The Morgan fingerprint density at radius 2 is 2.33 bits per heavy atom. The van der Waals surface area contributed by atoms with Gasteiger partial charge in [-0.1, -0.05) is 13.0 Å². The zero-order valence-corrected chi connectivity index (χ0v) is 10.4. The number of aliphatic hydroxyl groups is 1. The number of aryl methyl sites for hydroxylation is 1. The monoisotopic (exact) mass is 250 g/mol. The summed E-state index contributed by atoms with van der Waals surface area (Å²) < 4.78 is 5.43. The SMILES string of the molecule is CCC(Oc1ccc2c(c1)C(O)CCC2)C(=O)O. The lowest BCUT2D eigenvalue weighted by Crippen LogP contribution is -2.26. The second-order valence-electron chi connectivity index (χ2n) is 4.62. The fourth-order valence-electron chi connectivity index (χ4n) is 2.30. The van der Waals surface area contributed by atoms with E-state index in [1.165, 1.54) is 0 Å². The Labute approximate surface area is 106 Å². The second kappa shape index (κ2) is 5.40. The molecule has 1 aromatic rings. The predicted octanol–water partition coefficient (Wildman–Crippen LogP) is 2.30. The smallest absolute Gasteiger partial charge is 0.344 e. The van der Waals surface area contributed by atoms with Crippen molar-refractivity contribution >= 4 is 5.97 Å². The van der Waals surface area contributed by atoms with E-state index in [-0.39, 0.29) is 0 Å². The summed E-state index contributed by atoms with van der Waals surface area (Å²) in [5.74, 6) is -0.445. The molecule has 2 rings (SSSR count). The van der Waals surface area contributed by atoms with Crippen LogP contribution in [0.5, 0.6) is 5.75 Å². The molecular weight excluding hydrogens is 232 g/mol. The van der Waals surface area contributed by atoms with Gasteiger partial charge in [-0.05, 0) is 48.9 Å². The van der Waals surface area contributed by atoms with E-state index in [0.717, 1.165) is 30.4 Å². The highest BCUT2D eigenvalue weighted by molar-refractivity contribution is 5.72. The maximum Gasteiger partial charge on any atom is 0.344 e. The third-order valence-electron chi connectivity index (χ3n) is 3.32. The van der Waals surface area contributed by atoms with Gasteiger partial charge >= 0.3 is 5.97 Å². The van der Waals surface area contributed by atoms with E-state index >= 15 is 0 Å². The van der Waals surface area contributed by atoms with E-state index in [2.05, 4.69) is 0 Å². The number of hydrogen-bond donors (Lipinski definition) is 2. The number of hydrogen-bond acceptors (Lipinski definition) is 3. The Morgan fingerprint density at radius 3 is 3.00 bits per heavy atom. The normalized spacial score (nSPS) is 20.0. The molecule has 0 bridgehead atoms. The van der Waals surface area contributed by atoms with Crippen LogP contribution >= 0.6 is 0 Å². The summed E-state index contributed by atoms with van der Waals surface area (Å²) in [6.45, 7) is 1.77. The van der Waals surface area contributed by atoms with E-state index in [1.54, 1.807) is 19.1 Å². The van der Waals surface area contributed by atoms with Crippen molar-refractivity contribution in [2.75, 3.05) is 0 Å². The van der Waals surface area contributed by atoms with E-state index in [0.29, 0.717) is 12.2 Å². The molecule has 0 fully saturated rings. The van der Waals surface area contributed by atoms with Crippen molar-refractivity contribution < 1.29 is 19.7 Å². The Hall–Kier alpha value is -1.55. The third-order valence-corrected chi connectivity index (χ3v) is 3.32. The van der Waals surface area contributed by atoms with Crippen LogP contribution in [-0.4, -0.2) is 22.3 Å². The van der Waals surface area contributed by atoms with Gasteiger partial charge in [-0.2, -0.15) is 0 Å². The number of rotatable bonds is 4. The number of carboxylic acids is 1. The standard InChI is InChI=1S/C14H18O4/c1-2-13(14(16)17)18-10-7-6-9-4-3-5-12(15)11(9)8-10/h6-8,12-13,15H,2-5H2,1H3,(H,16,17). The molecule has 2 N–H and O–H groups in total. The molecule has 0 heterocycles. The predicted molar refractivity (Wildman–Crippen MR) is 66.7 cm³/mol. The van der Waals surface area contributed by atoms with Crippen molar-refractivity contribution in [3.63, 3.8) is 0 Å². The molecule has 0 aromatic heterocycles. The number of ether oxygens (including phenoxy) is 1. The van der Waals surface area contributed by atoms with Gasteiger partial charge in [-0.25, -0.2) is 4.79 Å². The lowest BCUT2D eigenvalue weighted by atomic mass is 9.89. The summed E-state index contributed by atoms with van der Waals surface area (Å²) in [5.41, 5.74) is 2.00. The summed E-state index contributed by atoms with van der Waals surface area (Å²) in [6, 6.07) is 5.47. The van der Waals surface area contributed by atoms with Crippen LogP contribution in [0.25, 0.3) is 0 Å². The van der Waals surface area contributed by atoms with Gasteiger partial charge in [0.1, 0.15) is 5.75 Å². The van der Waals surface area contributed by atoms with Gasteiger partial charge < -0.3 is 14.9 Å². The van der Waals surface area contributed by atoms with Gasteiger partial charge in [0.2, 0.25) is 0 Å². The molecule has 0 saturated heterocycles. The van der Waals surface area contributed by atoms with Crippen molar-refractivity contribution in [3.8, 4) is 5.75 Å². The number of aliphatic hydroxyl groups excluding tert-OH is 1. The van der Waals surface area contributed by atoms with Crippen LogP contribution in [0.3, 0.4) is 0 Å². The molecule has 2 atom stereocenters. The van der Waals surface area contributed by atoms with Crippen molar-refractivity contribution in [2.45, 2.75) is 44.8 Å². The van der Waals surface area contributed by atoms with Gasteiger partial charge in [0.05, 0.1) is 6.10 Å². The molecule has 4 heteroatoms. The van der Waals surface area contributed by atoms with Crippen LogP contribution < -0.4 is 4.74 Å². The Balaban J connectivity index is 2.20. The first kappa shape index (κ1) is 12.9. The first-order valence-corrected chi connectivity index (χ1v) is 6.32. The lowest BCUT2D eigenvalue weighted by molar-refractivity contribution is -0.145. The first-order valence-electron chi connectivity index (χ1n) is 6.32. The zero-order chi connectivity index (χ0) is 13.1. The highest BCUT2D eigenvalue weighted by Gasteiger charge is 2.21. The van der Waals surface area contributed by atoms with Crippen LogP contribution in [0.1, 0.15) is 43.4 Å². The van der Waals surface area contributed by atoms with Crippen molar-refractivity contribution in [1.29, 1.82) is 0 Å². The van der Waals surface area contributed by atoms with Crippen LogP contribution in [0, 0.1) is 0 Å². The minimum atomic E-state index is -0.962. The van der Waals surface area contributed by atoms with E-state index < -0.39 is 18.2 Å². The Kier molecular flexibility index (Phi) is 3.87. The van der Waals surface area contributed by atoms with Crippen LogP contribution in [0.15, 0.2) is 18.2 Å². The second-order valence-corrected chi connectivity index (χ2v) is 4.62. The number of benzene rings is 1. The largest absolute Gasteiger partial charge is 0.479 e. The number of carboxylic acid groups (broad SMARTS) is 1. The molecule has 2 unspecified atom stereocenters. The molecule has 0 amide bonds. The van der Waals surface area contributed by atoms with Gasteiger partial charge in [0, 0.05) is 0 Å². The average Bonchev–Trinajstić information content (AvgIpc) is 2.36. The summed E-state index contributed by atoms with van der Waals surface area (Å²) in [5, 5.41) is 18.9. The molecule has 0 aliphatic heterocycles. The number of fused-ring (bicyclic) bond motifs is 1. The highest BCUT2D eigenvalue weighted by Crippen LogP contribution is 2.32. The summed E-state index contributed by atoms with van der Waals surface area (Å²) in [7, 11) is 0. The Bertz CT molecular complexity index is 441. The van der Waals surface area contributed by atoms with E-state index in [9.17, 15) is 9.90 Å². The highest BCUT2D eigenvalue weighted by atomic mass is 16.5. The van der Waals surface area contributed by atoms with Crippen LogP contribution in [-0.2, 0) is 11.2 Å². The number of aliphatic carboxylic acids is 1. The molecule has 0 spiro atoms. The maximum absolute atomic E-state index is 10.9. The minimum absolute atomic E-state index is 0.412. The minimum Gasteiger partial charge on any atom is -0.479 e. The van der Waals surface area contributed by atoms with Gasteiger partial charge in [0.25, 0.3) is 0 Å². The first-order chi connectivity index (χ1) is 8.61. The average molecular weight is 250 g/mol. The number of carbonyl (C=O) groups is 1. The third kappa shape index (κ3) is 2.64. The summed E-state index contributed by atoms with van der Waals surface area (Å²) in [4.78, 5) is 10.9. The van der Waals surface area contributed by atoms with Crippen molar-refractivity contribution in [3.05, 3.63) is 29.3 Å². The lowest BCUT2D eigenvalue weighted by Gasteiger charge is -2.22. The molecular formula is C14H18O4. The fraction of sp³-hybridized carbons (Fsp3) is 0.500. The maximum atomic E-state index is 10.9. The quantitative estimate of drug-likeness (QED) is 0.860. The van der Waals surface area contributed by atoms with Crippen LogP contribution in [0.2, 0.25) is 0 Å². The molecule has 18 heavy (non-hydrogen) atoms. The van der Waals surface area contributed by atoms with Gasteiger partial charge in [-0.15, -0.1) is 0 Å². The van der Waals surface area contributed by atoms with Gasteiger partial charge in [-0.3, -0.25) is 0 Å². The molecule has 98 valence electrons. The summed E-state index contributed by atoms with van der Waals surface area (Å²) in [6.07, 6.45) is 1.83. The molecule has 0 saturated carbocycles. The molecule has 0 radical (unpaired) electrons. The van der Waals surface area contributed by atoms with Gasteiger partial charge in [0.15, 0.2) is 6.10 Å².